The average Bonchev–Trinajstić information content (AvgIpc) is 3.10. The van der Waals surface area contributed by atoms with Gasteiger partial charge < -0.3 is 10.7 Å². The van der Waals surface area contributed by atoms with Crippen LogP contribution >= 0.6 is 0 Å². The van der Waals surface area contributed by atoms with Crippen LogP contribution in [0.1, 0.15) is 52.2 Å². The standard InChI is InChI=1S/C23H20N4O/c1-23(2)18-9-14(15(11-25)12-26-3)5-7-16(18)21(28)20-17-6-4-13(10-24)8-19(17)27-22(20)23/h4-9,11-12,27H,25H2,1-3H3. The molecule has 5 heteroatoms. The van der Waals surface area contributed by atoms with Gasteiger partial charge in [-0.1, -0.05) is 32.0 Å². The number of nitrogens with zero attached hydrogens (tertiary/aromatic N) is 2. The van der Waals surface area contributed by atoms with Gasteiger partial charge in [0.2, 0.25) is 0 Å². The summed E-state index contributed by atoms with van der Waals surface area (Å²) in [6, 6.07) is 13.3. The fourth-order valence-electron chi connectivity index (χ4n) is 4.03. The lowest BCUT2D eigenvalue weighted by Crippen LogP contribution is -2.30. The molecular formula is C23H20N4O. The monoisotopic (exact) mass is 368 g/mol. The van der Waals surface area contributed by atoms with Gasteiger partial charge >= 0.3 is 0 Å². The maximum Gasteiger partial charge on any atom is 0.195 e. The van der Waals surface area contributed by atoms with Gasteiger partial charge in [0.15, 0.2) is 5.78 Å². The SMILES string of the molecule is CN=CC(=CN)c1ccc2c(c1)C(C)(C)c1[nH]c3cc(C#N)ccc3c1C2=O. The second kappa shape index (κ2) is 6.21. The van der Waals surface area contributed by atoms with Crippen molar-refractivity contribution in [3.8, 4) is 6.07 Å². The molecule has 0 bridgehead atoms. The minimum absolute atomic E-state index is 0.00531. The number of aromatic nitrogens is 1. The molecule has 4 rings (SSSR count). The predicted octanol–water partition coefficient (Wildman–Crippen LogP) is 3.91. The molecule has 0 saturated heterocycles. The quantitative estimate of drug-likeness (QED) is 0.671. The summed E-state index contributed by atoms with van der Waals surface area (Å²) in [6.07, 6.45) is 3.22. The molecule has 1 aliphatic rings. The smallest absolute Gasteiger partial charge is 0.195 e. The van der Waals surface area contributed by atoms with E-state index in [1.165, 1.54) is 6.20 Å². The molecule has 0 saturated carbocycles. The lowest BCUT2D eigenvalue weighted by molar-refractivity contribution is 0.103. The van der Waals surface area contributed by atoms with Crippen LogP contribution in [0.4, 0.5) is 0 Å². The highest BCUT2D eigenvalue weighted by Crippen LogP contribution is 2.44. The van der Waals surface area contributed by atoms with Crippen LogP contribution in [0.5, 0.6) is 0 Å². The van der Waals surface area contributed by atoms with Crippen molar-refractivity contribution in [2.75, 3.05) is 7.05 Å². The molecule has 5 nitrogen and oxygen atoms in total. The normalized spacial score (nSPS) is 15.5. The molecule has 0 fully saturated rings. The molecule has 0 amide bonds. The first-order valence-electron chi connectivity index (χ1n) is 9.02. The first kappa shape index (κ1) is 17.7. The Labute approximate surface area is 163 Å². The number of aromatic amines is 1. The molecule has 1 aromatic heterocycles. The summed E-state index contributed by atoms with van der Waals surface area (Å²) in [4.78, 5) is 20.8. The third-order valence-electron chi connectivity index (χ3n) is 5.50. The maximum atomic E-state index is 13.4. The van der Waals surface area contributed by atoms with Crippen LogP contribution < -0.4 is 5.73 Å². The van der Waals surface area contributed by atoms with Crippen molar-refractivity contribution in [2.45, 2.75) is 19.3 Å². The zero-order valence-corrected chi connectivity index (χ0v) is 16.0. The van der Waals surface area contributed by atoms with Crippen molar-refractivity contribution < 1.29 is 4.79 Å². The van der Waals surface area contributed by atoms with Crippen LogP contribution in [0.3, 0.4) is 0 Å². The van der Waals surface area contributed by atoms with E-state index in [0.29, 0.717) is 16.7 Å². The van der Waals surface area contributed by atoms with Crippen LogP contribution in [-0.2, 0) is 5.41 Å². The van der Waals surface area contributed by atoms with Crippen LogP contribution in [0, 0.1) is 11.3 Å². The molecule has 0 atom stereocenters. The number of carbonyl (C=O) groups excluding carboxylic acids is 1. The lowest BCUT2D eigenvalue weighted by atomic mass is 9.70. The van der Waals surface area contributed by atoms with E-state index in [1.807, 2.05) is 24.3 Å². The fourth-order valence-corrected chi connectivity index (χ4v) is 4.03. The number of aliphatic imine (C=N–C) groups is 1. The lowest BCUT2D eigenvalue weighted by Gasteiger charge is -2.32. The summed E-state index contributed by atoms with van der Waals surface area (Å²) in [5.41, 5.74) is 11.6. The van der Waals surface area contributed by atoms with Crippen molar-refractivity contribution >= 4 is 28.5 Å². The Morgan fingerprint density at radius 3 is 2.71 bits per heavy atom. The van der Waals surface area contributed by atoms with E-state index in [2.05, 4.69) is 29.9 Å². The molecule has 0 radical (unpaired) electrons. The zero-order valence-electron chi connectivity index (χ0n) is 16.0. The molecule has 1 heterocycles. The Balaban J connectivity index is 1.97. The first-order valence-corrected chi connectivity index (χ1v) is 9.02. The van der Waals surface area contributed by atoms with Gasteiger partial charge in [-0.15, -0.1) is 0 Å². The molecular weight excluding hydrogens is 348 g/mol. The van der Waals surface area contributed by atoms with E-state index in [9.17, 15) is 10.1 Å². The van der Waals surface area contributed by atoms with Crippen LogP contribution in [0.2, 0.25) is 0 Å². The Bertz CT molecular complexity index is 1240. The molecule has 0 spiro atoms. The number of nitrogens with one attached hydrogen (secondary N) is 1. The van der Waals surface area contributed by atoms with Gasteiger partial charge in [-0.3, -0.25) is 9.79 Å². The number of hydrogen-bond donors (Lipinski definition) is 2. The van der Waals surface area contributed by atoms with Crippen molar-refractivity contribution in [1.82, 2.24) is 4.98 Å². The number of rotatable bonds is 2. The minimum Gasteiger partial charge on any atom is -0.404 e. The van der Waals surface area contributed by atoms with Crippen LogP contribution in [-0.4, -0.2) is 24.0 Å². The van der Waals surface area contributed by atoms with Gasteiger partial charge in [0.1, 0.15) is 0 Å². The summed E-state index contributed by atoms with van der Waals surface area (Å²) < 4.78 is 0. The first-order chi connectivity index (χ1) is 13.4. The number of nitrogens with two attached hydrogens (primary N) is 1. The van der Waals surface area contributed by atoms with Gasteiger partial charge in [0.25, 0.3) is 0 Å². The molecule has 3 aromatic rings. The van der Waals surface area contributed by atoms with Crippen molar-refractivity contribution in [2.24, 2.45) is 10.7 Å². The highest BCUT2D eigenvalue weighted by atomic mass is 16.1. The Hall–Kier alpha value is -3.65. The number of carbonyl (C=O) groups is 1. The highest BCUT2D eigenvalue weighted by molar-refractivity contribution is 6.20. The van der Waals surface area contributed by atoms with E-state index in [1.54, 1.807) is 25.4 Å². The molecule has 0 aliphatic heterocycles. The van der Waals surface area contributed by atoms with Crippen molar-refractivity contribution in [1.29, 1.82) is 5.26 Å². The molecule has 28 heavy (non-hydrogen) atoms. The summed E-state index contributed by atoms with van der Waals surface area (Å²) in [5.74, 6) is -0.00531. The average molecular weight is 368 g/mol. The van der Waals surface area contributed by atoms with Gasteiger partial charge in [-0.05, 0) is 29.3 Å². The van der Waals surface area contributed by atoms with E-state index in [4.69, 9.17) is 5.73 Å². The number of ketones is 1. The van der Waals surface area contributed by atoms with Crippen LogP contribution in [0.25, 0.3) is 16.5 Å². The summed E-state index contributed by atoms with van der Waals surface area (Å²) in [5, 5.41) is 10.0. The van der Waals surface area contributed by atoms with Crippen LogP contribution in [0.15, 0.2) is 47.6 Å². The molecule has 1 aliphatic carbocycles. The number of allylic oxidation sites excluding steroid dienone is 1. The third-order valence-corrected chi connectivity index (χ3v) is 5.50. The van der Waals surface area contributed by atoms with Gasteiger partial charge in [0.05, 0.1) is 17.2 Å². The van der Waals surface area contributed by atoms with Gasteiger partial charge in [-0.25, -0.2) is 0 Å². The summed E-state index contributed by atoms with van der Waals surface area (Å²) in [6.45, 7) is 4.20. The van der Waals surface area contributed by atoms with E-state index < -0.39 is 5.41 Å². The zero-order chi connectivity index (χ0) is 20.1. The van der Waals surface area contributed by atoms with E-state index >= 15 is 0 Å². The van der Waals surface area contributed by atoms with Gasteiger partial charge in [-0.2, -0.15) is 5.26 Å². The van der Waals surface area contributed by atoms with Crippen molar-refractivity contribution in [3.05, 3.63) is 76.1 Å². The van der Waals surface area contributed by atoms with E-state index in [-0.39, 0.29) is 5.78 Å². The fraction of sp³-hybridized carbons (Fsp3) is 0.174. The van der Waals surface area contributed by atoms with E-state index in [0.717, 1.165) is 33.3 Å². The molecule has 138 valence electrons. The third kappa shape index (κ3) is 2.39. The van der Waals surface area contributed by atoms with Gasteiger partial charge in [0, 0.05) is 52.6 Å². The Morgan fingerprint density at radius 2 is 2.04 bits per heavy atom. The second-order valence-electron chi connectivity index (χ2n) is 7.47. The number of hydrogen-bond acceptors (Lipinski definition) is 4. The number of H-pyrrole nitrogens is 1. The molecule has 0 unspecified atom stereocenters. The minimum atomic E-state index is -0.413. The van der Waals surface area contributed by atoms with Crippen molar-refractivity contribution in [3.63, 3.8) is 0 Å². The summed E-state index contributed by atoms with van der Waals surface area (Å²) >= 11 is 0. The Kier molecular flexibility index (Phi) is 3.93. The predicted molar refractivity (Wildman–Crippen MR) is 112 cm³/mol. The second-order valence-corrected chi connectivity index (χ2v) is 7.47. The maximum absolute atomic E-state index is 13.4. The number of nitriles is 1. The largest absolute Gasteiger partial charge is 0.404 e. The molecule has 2 aromatic carbocycles. The topological polar surface area (TPSA) is 95.0 Å². The number of benzene rings is 2. The number of fused-ring (bicyclic) bond motifs is 4. The summed E-state index contributed by atoms with van der Waals surface area (Å²) in [7, 11) is 1.70. The Morgan fingerprint density at radius 1 is 1.25 bits per heavy atom. The molecule has 3 N–H and O–H groups in total. The highest BCUT2D eigenvalue weighted by Gasteiger charge is 2.39.